The molecule has 0 radical (unpaired) electrons. The Morgan fingerprint density at radius 2 is 1.68 bits per heavy atom. The van der Waals surface area contributed by atoms with E-state index in [-0.39, 0.29) is 30.1 Å². The van der Waals surface area contributed by atoms with E-state index in [1.807, 2.05) is 13.8 Å². The van der Waals surface area contributed by atoms with E-state index in [0.29, 0.717) is 18.4 Å². The number of anilines is 1. The van der Waals surface area contributed by atoms with E-state index >= 15 is 0 Å². The molecule has 0 spiro atoms. The van der Waals surface area contributed by atoms with Crippen LogP contribution in [0.5, 0.6) is 0 Å². The van der Waals surface area contributed by atoms with Crippen molar-refractivity contribution in [2.45, 2.75) is 129 Å². The predicted molar refractivity (Wildman–Crippen MR) is 188 cm³/mol. The smallest absolute Gasteiger partial charge is 0.402 e. The maximum Gasteiger partial charge on any atom is 0.402 e. The van der Waals surface area contributed by atoms with Crippen LogP contribution in [-0.4, -0.2) is 87.8 Å². The number of fused-ring (bicyclic) bond motifs is 1. The quantitative estimate of drug-likeness (QED) is 0.0901. The van der Waals surface area contributed by atoms with Crippen molar-refractivity contribution in [2.24, 2.45) is 5.92 Å². The van der Waals surface area contributed by atoms with Gasteiger partial charge in [0, 0.05) is 13.8 Å². The number of nitrogens with two attached hydrogens (primary N) is 1. The largest absolute Gasteiger partial charge is 0.464 e. The van der Waals surface area contributed by atoms with E-state index < -0.39 is 74.3 Å². The number of esters is 4. The fourth-order valence-corrected chi connectivity index (χ4v) is 8.11. The third-order valence-electron chi connectivity index (χ3n) is 9.30. The Morgan fingerprint density at radius 1 is 1.04 bits per heavy atom. The lowest BCUT2D eigenvalue weighted by Crippen LogP contribution is -2.49. The molecule has 7 atom stereocenters. The highest BCUT2D eigenvalue weighted by atomic mass is 31.2. The molecule has 1 unspecified atom stereocenters. The first-order valence-electron chi connectivity index (χ1n) is 17.8. The number of hydrogen-bond acceptors (Lipinski definition) is 14. The van der Waals surface area contributed by atoms with Gasteiger partial charge >= 0.3 is 37.3 Å². The number of nitrogen functional groups attached to an aromatic ring is 1. The highest BCUT2D eigenvalue weighted by Gasteiger charge is 2.67. The zero-order chi connectivity index (χ0) is 38.9. The average molecular weight is 764 g/mol. The minimum atomic E-state index is -4.51. The highest BCUT2D eigenvalue weighted by Crippen LogP contribution is 2.48. The van der Waals surface area contributed by atoms with Crippen LogP contribution < -0.4 is 15.9 Å². The van der Waals surface area contributed by atoms with E-state index in [9.17, 15) is 23.7 Å². The van der Waals surface area contributed by atoms with Crippen molar-refractivity contribution in [2.75, 3.05) is 18.9 Å². The van der Waals surface area contributed by atoms with Crippen LogP contribution in [0.1, 0.15) is 98.3 Å². The van der Waals surface area contributed by atoms with Gasteiger partial charge in [-0.3, -0.25) is 37.8 Å². The summed E-state index contributed by atoms with van der Waals surface area (Å²) in [5.74, 6) is -2.80. The van der Waals surface area contributed by atoms with Gasteiger partial charge in [0.2, 0.25) is 6.10 Å². The molecule has 2 aromatic rings. The number of rotatable bonds is 17. The zero-order valence-corrected chi connectivity index (χ0v) is 31.8. The molecule has 1 saturated carbocycles. The summed E-state index contributed by atoms with van der Waals surface area (Å²) >= 11 is 0. The van der Waals surface area contributed by atoms with Crippen LogP contribution in [0.4, 0.5) is 5.82 Å². The van der Waals surface area contributed by atoms with Crippen molar-refractivity contribution < 1.29 is 52.0 Å². The van der Waals surface area contributed by atoms with E-state index in [0.717, 1.165) is 46.0 Å². The molecule has 292 valence electrons. The Kier molecular flexibility index (Phi) is 14.3. The Bertz CT molecular complexity index is 1710. The minimum Gasteiger partial charge on any atom is -0.464 e. The molecule has 2 aliphatic rings. The Balaban J connectivity index is 1.67. The monoisotopic (exact) mass is 763 g/mol. The lowest BCUT2D eigenvalue weighted by molar-refractivity contribution is -0.167. The second-order valence-corrected chi connectivity index (χ2v) is 15.2. The summed E-state index contributed by atoms with van der Waals surface area (Å²) in [6.07, 6.45) is 2.40. The van der Waals surface area contributed by atoms with Gasteiger partial charge in [0.05, 0.1) is 12.3 Å². The van der Waals surface area contributed by atoms with Crippen molar-refractivity contribution in [3.8, 4) is 0 Å². The molecular formula is C34H50N7O11P. The molecule has 53 heavy (non-hydrogen) atoms. The lowest BCUT2D eigenvalue weighted by atomic mass is 9.98. The van der Waals surface area contributed by atoms with Gasteiger partial charge in [-0.15, -0.1) is 0 Å². The van der Waals surface area contributed by atoms with Gasteiger partial charge in [-0.1, -0.05) is 33.1 Å². The van der Waals surface area contributed by atoms with Crippen LogP contribution >= 0.6 is 7.67 Å². The molecular weight excluding hydrogens is 713 g/mol. The summed E-state index contributed by atoms with van der Waals surface area (Å²) in [6.45, 7) is 16.5. The molecule has 0 bridgehead atoms. The van der Waals surface area contributed by atoms with E-state index in [1.165, 1.54) is 24.7 Å². The molecule has 0 aromatic carbocycles. The topological polar surface area (TPSA) is 225 Å². The van der Waals surface area contributed by atoms with Crippen molar-refractivity contribution in [3.63, 3.8) is 0 Å². The number of hydrogen-bond donors (Lipinski definition) is 3. The van der Waals surface area contributed by atoms with Crippen LogP contribution in [0.2, 0.25) is 0 Å². The van der Waals surface area contributed by atoms with E-state index in [2.05, 4.69) is 25.1 Å². The third-order valence-corrected chi connectivity index (χ3v) is 11.2. The molecule has 1 aliphatic carbocycles. The van der Waals surface area contributed by atoms with Crippen LogP contribution in [0.25, 0.3) is 10.4 Å². The molecule has 1 aliphatic heterocycles. The van der Waals surface area contributed by atoms with Crippen LogP contribution in [0.3, 0.4) is 0 Å². The maximum atomic E-state index is 14.7. The molecule has 2 fully saturated rings. The van der Waals surface area contributed by atoms with Crippen molar-refractivity contribution in [1.29, 1.82) is 0 Å². The Hall–Kier alpha value is -4.14. The molecule has 1 saturated heterocycles. The summed E-state index contributed by atoms with van der Waals surface area (Å²) in [7, 11) is -4.51. The second kappa shape index (κ2) is 18.3. The van der Waals surface area contributed by atoms with Crippen molar-refractivity contribution >= 4 is 42.9 Å². The summed E-state index contributed by atoms with van der Waals surface area (Å²) in [6, 6.07) is 0.726. The fourth-order valence-electron chi connectivity index (χ4n) is 6.29. The summed E-state index contributed by atoms with van der Waals surface area (Å²) < 4.78 is 50.6. The Labute approximate surface area is 308 Å². The van der Waals surface area contributed by atoms with Gasteiger partial charge in [-0.2, -0.15) is 5.10 Å². The van der Waals surface area contributed by atoms with E-state index in [1.54, 1.807) is 12.1 Å². The van der Waals surface area contributed by atoms with Crippen LogP contribution in [0, 0.1) is 12.5 Å². The van der Waals surface area contributed by atoms with Gasteiger partial charge in [-0.25, -0.2) is 26.2 Å². The minimum absolute atomic E-state index is 0.122. The SMILES string of the molecule is [C-]#[N+][C@]1(COP(=O)(N[C@@H](C)C(=O)OCC(CC)CC)N[C@@H](C)C(=O)OC2CCCCC2)O[C@@H](c2ccc3c(N)ncnn23)[C@H](OC(C)=O)[C@@H]1OC(C)=O. The van der Waals surface area contributed by atoms with Crippen molar-refractivity contribution in [3.05, 3.63) is 35.6 Å². The van der Waals surface area contributed by atoms with Crippen molar-refractivity contribution in [1.82, 2.24) is 24.8 Å². The average Bonchev–Trinajstić information content (AvgIpc) is 3.67. The predicted octanol–water partition coefficient (Wildman–Crippen LogP) is 3.80. The number of carbonyl (C=O) groups is 4. The van der Waals surface area contributed by atoms with Crippen LogP contribution in [-0.2, 0) is 52.0 Å². The fraction of sp³-hybridized carbons (Fsp3) is 0.676. The number of nitrogens with zero attached hydrogens (tertiary/aromatic N) is 4. The van der Waals surface area contributed by atoms with Crippen LogP contribution in [0.15, 0.2) is 18.5 Å². The number of aromatic nitrogens is 3. The molecule has 18 nitrogen and oxygen atoms in total. The molecule has 4 N–H and O–H groups in total. The normalized spacial score (nSPS) is 24.2. The summed E-state index contributed by atoms with van der Waals surface area (Å²) in [4.78, 5) is 58.7. The van der Waals surface area contributed by atoms with Gasteiger partial charge in [0.15, 0.2) is 18.5 Å². The molecule has 19 heteroatoms. The number of nitrogens with one attached hydrogen (secondary N) is 2. The Morgan fingerprint density at radius 3 is 2.28 bits per heavy atom. The van der Waals surface area contributed by atoms with Gasteiger partial charge in [-0.05, 0) is 57.6 Å². The lowest BCUT2D eigenvalue weighted by Gasteiger charge is -2.29. The standard InChI is InChI=1S/C34H50N7O11P/c1-8-24(9-2)17-47-32(44)20(3)39-53(46,40-21(4)33(45)51-25-13-11-10-12-14-25)48-18-34(36-7)30(50-23(6)43)29(49-22(5)42)28(52-34)26-15-16-27-31(35)37-19-38-41(26)27/h15-16,19-21,24-25,28-30H,8-14,17-18H2,1-6H3,(H2,35,37,38)(H2,39,40,46)/t20-,21-,28-,29-,30-,34+,53?/m0/s1. The van der Waals surface area contributed by atoms with Gasteiger partial charge < -0.3 is 24.7 Å². The molecule has 2 aromatic heterocycles. The molecule has 4 rings (SSSR count). The number of carbonyl (C=O) groups excluding carboxylic acids is 4. The highest BCUT2D eigenvalue weighted by molar-refractivity contribution is 7.54. The first-order chi connectivity index (χ1) is 25.2. The third kappa shape index (κ3) is 10.3. The summed E-state index contributed by atoms with van der Waals surface area (Å²) in [5, 5.41) is 9.49. The zero-order valence-electron chi connectivity index (χ0n) is 30.9. The van der Waals surface area contributed by atoms with Gasteiger partial charge in [0.25, 0.3) is 0 Å². The molecule has 0 amide bonds. The summed E-state index contributed by atoms with van der Waals surface area (Å²) in [5.41, 5.74) is 4.38. The van der Waals surface area contributed by atoms with E-state index in [4.69, 9.17) is 40.5 Å². The second-order valence-electron chi connectivity index (χ2n) is 13.3. The maximum absolute atomic E-state index is 14.7. The first-order valence-corrected chi connectivity index (χ1v) is 19.4. The number of ether oxygens (including phenoxy) is 5. The molecule has 3 heterocycles. The van der Waals surface area contributed by atoms with Gasteiger partial charge in [0.1, 0.15) is 36.1 Å². The first kappa shape index (κ1) is 41.6.